The predicted octanol–water partition coefficient (Wildman–Crippen LogP) is 2.69. The molecule has 2 rings (SSSR count). The van der Waals surface area contributed by atoms with Crippen molar-refractivity contribution in [3.8, 4) is 0 Å². The summed E-state index contributed by atoms with van der Waals surface area (Å²) in [5.74, 6) is 0.479. The van der Waals surface area contributed by atoms with Crippen LogP contribution in [0.3, 0.4) is 0 Å². The summed E-state index contributed by atoms with van der Waals surface area (Å²) in [7, 11) is -3.46. The topological polar surface area (TPSA) is 57.6 Å². The van der Waals surface area contributed by atoms with Gasteiger partial charge in [0.05, 0.1) is 11.5 Å². The summed E-state index contributed by atoms with van der Waals surface area (Å²) < 4.78 is 27.4. The van der Waals surface area contributed by atoms with Crippen molar-refractivity contribution in [2.45, 2.75) is 57.6 Å². The number of rotatable bonds is 7. The zero-order chi connectivity index (χ0) is 15.6. The number of hydrogen-bond acceptors (Lipinski definition) is 3. The molecule has 0 aliphatic heterocycles. The number of hydrogen-bond donors (Lipinski definition) is 1. The molecule has 1 saturated carbocycles. The summed E-state index contributed by atoms with van der Waals surface area (Å²) >= 11 is 0. The fourth-order valence-corrected chi connectivity index (χ4v) is 4.11. The number of sulfonamides is 1. The van der Waals surface area contributed by atoms with E-state index in [1.54, 1.807) is 22.5 Å². The molecule has 1 fully saturated rings. The number of nitrogens with zero attached hydrogens (tertiary/aromatic N) is 1. The third-order valence-corrected chi connectivity index (χ3v) is 5.93. The van der Waals surface area contributed by atoms with E-state index in [2.05, 4.69) is 13.8 Å². The summed E-state index contributed by atoms with van der Waals surface area (Å²) in [6.45, 7) is 6.53. The lowest BCUT2D eigenvalue weighted by atomic mass is 10.1. The lowest BCUT2D eigenvalue weighted by Gasteiger charge is -2.23. The van der Waals surface area contributed by atoms with E-state index in [0.29, 0.717) is 22.9 Å². The lowest BCUT2D eigenvalue weighted by molar-refractivity contribution is 0.280. The monoisotopic (exact) mass is 311 g/mol. The molecule has 1 aromatic rings. The molecule has 1 aliphatic carbocycles. The van der Waals surface area contributed by atoms with Crippen LogP contribution in [0, 0.1) is 12.8 Å². The minimum Gasteiger partial charge on any atom is -0.392 e. The predicted molar refractivity (Wildman–Crippen MR) is 83.5 cm³/mol. The Bertz CT molecular complexity index is 592. The smallest absolute Gasteiger partial charge is 0.243 e. The van der Waals surface area contributed by atoms with Crippen molar-refractivity contribution in [2.75, 3.05) is 6.54 Å². The van der Waals surface area contributed by atoms with Crippen LogP contribution >= 0.6 is 0 Å². The quantitative estimate of drug-likeness (QED) is 0.842. The van der Waals surface area contributed by atoms with Crippen LogP contribution < -0.4 is 0 Å². The number of aliphatic hydroxyl groups excluding tert-OH is 1. The van der Waals surface area contributed by atoms with Gasteiger partial charge in [-0.05, 0) is 55.4 Å². The van der Waals surface area contributed by atoms with Gasteiger partial charge in [-0.15, -0.1) is 0 Å². The summed E-state index contributed by atoms with van der Waals surface area (Å²) in [5, 5.41) is 9.34. The van der Waals surface area contributed by atoms with Gasteiger partial charge in [0.25, 0.3) is 0 Å². The Morgan fingerprint density at radius 3 is 2.52 bits per heavy atom. The maximum atomic E-state index is 12.9. The molecular formula is C16H25NO3S. The SMILES string of the molecule is Cc1ccc(S(=O)(=O)N(CCC(C)C)C2CC2)cc1CO. The van der Waals surface area contributed by atoms with Crippen molar-refractivity contribution in [1.29, 1.82) is 0 Å². The summed E-state index contributed by atoms with van der Waals surface area (Å²) in [6, 6.07) is 5.18. The van der Waals surface area contributed by atoms with Gasteiger partial charge in [0.15, 0.2) is 0 Å². The maximum Gasteiger partial charge on any atom is 0.243 e. The molecule has 1 aromatic carbocycles. The van der Waals surface area contributed by atoms with E-state index < -0.39 is 10.0 Å². The van der Waals surface area contributed by atoms with E-state index in [4.69, 9.17) is 0 Å². The highest BCUT2D eigenvalue weighted by atomic mass is 32.2. The first-order chi connectivity index (χ1) is 9.86. The number of benzene rings is 1. The fourth-order valence-electron chi connectivity index (χ4n) is 2.36. The van der Waals surface area contributed by atoms with Crippen LogP contribution in [0.4, 0.5) is 0 Å². The molecule has 21 heavy (non-hydrogen) atoms. The molecule has 0 heterocycles. The number of aliphatic hydroxyl groups is 1. The maximum absolute atomic E-state index is 12.9. The van der Waals surface area contributed by atoms with Crippen molar-refractivity contribution in [3.63, 3.8) is 0 Å². The van der Waals surface area contributed by atoms with Gasteiger partial charge in [0, 0.05) is 12.6 Å². The van der Waals surface area contributed by atoms with Gasteiger partial charge in [0.2, 0.25) is 10.0 Å². The molecule has 0 unspecified atom stereocenters. The molecule has 0 radical (unpaired) electrons. The van der Waals surface area contributed by atoms with E-state index in [-0.39, 0.29) is 12.6 Å². The molecular weight excluding hydrogens is 286 g/mol. The largest absolute Gasteiger partial charge is 0.392 e. The van der Waals surface area contributed by atoms with Crippen molar-refractivity contribution in [1.82, 2.24) is 4.31 Å². The Labute approximate surface area is 127 Å². The Morgan fingerprint density at radius 2 is 2.00 bits per heavy atom. The van der Waals surface area contributed by atoms with Crippen LogP contribution in [-0.4, -0.2) is 30.4 Å². The van der Waals surface area contributed by atoms with Gasteiger partial charge in [-0.2, -0.15) is 4.31 Å². The van der Waals surface area contributed by atoms with Crippen LogP contribution in [0.15, 0.2) is 23.1 Å². The molecule has 0 bridgehead atoms. The van der Waals surface area contributed by atoms with Gasteiger partial charge in [-0.25, -0.2) is 8.42 Å². The van der Waals surface area contributed by atoms with Gasteiger partial charge in [-0.3, -0.25) is 0 Å². The molecule has 0 saturated heterocycles. The minimum atomic E-state index is -3.46. The Balaban J connectivity index is 2.29. The molecule has 5 heteroatoms. The van der Waals surface area contributed by atoms with Crippen LogP contribution in [-0.2, 0) is 16.6 Å². The third-order valence-electron chi connectivity index (χ3n) is 3.98. The molecule has 1 N–H and O–H groups in total. The summed E-state index contributed by atoms with van der Waals surface area (Å²) in [5.41, 5.74) is 1.59. The third kappa shape index (κ3) is 3.84. The van der Waals surface area contributed by atoms with E-state index in [0.717, 1.165) is 24.8 Å². The highest BCUT2D eigenvalue weighted by Gasteiger charge is 2.37. The van der Waals surface area contributed by atoms with Crippen molar-refractivity contribution >= 4 is 10.0 Å². The molecule has 0 amide bonds. The average Bonchev–Trinajstić information content (AvgIpc) is 3.23. The Morgan fingerprint density at radius 1 is 1.33 bits per heavy atom. The van der Waals surface area contributed by atoms with E-state index in [1.807, 2.05) is 6.92 Å². The second-order valence-corrected chi connectivity index (χ2v) is 8.17. The highest BCUT2D eigenvalue weighted by Crippen LogP contribution is 2.33. The van der Waals surface area contributed by atoms with E-state index >= 15 is 0 Å². The van der Waals surface area contributed by atoms with Crippen LogP contribution in [0.5, 0.6) is 0 Å². The van der Waals surface area contributed by atoms with E-state index in [1.165, 1.54) is 0 Å². The minimum absolute atomic E-state index is 0.134. The van der Waals surface area contributed by atoms with E-state index in [9.17, 15) is 13.5 Å². The van der Waals surface area contributed by atoms with Crippen molar-refractivity contribution < 1.29 is 13.5 Å². The molecule has 118 valence electrons. The summed E-state index contributed by atoms with van der Waals surface area (Å²) in [4.78, 5) is 0.299. The van der Waals surface area contributed by atoms with Crippen molar-refractivity contribution in [3.05, 3.63) is 29.3 Å². The zero-order valence-corrected chi connectivity index (χ0v) is 13.9. The Hall–Kier alpha value is -0.910. The normalized spacial score (nSPS) is 15.9. The number of aryl methyl sites for hydroxylation is 1. The first-order valence-corrected chi connectivity index (χ1v) is 9.02. The van der Waals surface area contributed by atoms with Crippen LogP contribution in [0.25, 0.3) is 0 Å². The molecule has 0 atom stereocenters. The molecule has 0 spiro atoms. The molecule has 0 aromatic heterocycles. The van der Waals surface area contributed by atoms with Gasteiger partial charge >= 0.3 is 0 Å². The van der Waals surface area contributed by atoms with Crippen LogP contribution in [0.2, 0.25) is 0 Å². The lowest BCUT2D eigenvalue weighted by Crippen LogP contribution is -2.34. The first kappa shape index (κ1) is 16.5. The van der Waals surface area contributed by atoms with Gasteiger partial charge in [0.1, 0.15) is 0 Å². The second-order valence-electron chi connectivity index (χ2n) is 6.28. The second kappa shape index (κ2) is 6.46. The highest BCUT2D eigenvalue weighted by molar-refractivity contribution is 7.89. The molecule has 4 nitrogen and oxygen atoms in total. The molecule has 1 aliphatic rings. The van der Waals surface area contributed by atoms with Crippen molar-refractivity contribution in [2.24, 2.45) is 5.92 Å². The zero-order valence-electron chi connectivity index (χ0n) is 13.0. The van der Waals surface area contributed by atoms with Crippen LogP contribution in [0.1, 0.15) is 44.2 Å². The standard InChI is InChI=1S/C16H25NO3S/c1-12(2)8-9-17(15-5-6-15)21(19,20)16-7-4-13(3)14(10-16)11-18/h4,7,10,12,15,18H,5-6,8-9,11H2,1-3H3. The van der Waals surface area contributed by atoms with Gasteiger partial charge < -0.3 is 5.11 Å². The average molecular weight is 311 g/mol. The first-order valence-electron chi connectivity index (χ1n) is 7.58. The van der Waals surface area contributed by atoms with Gasteiger partial charge in [-0.1, -0.05) is 19.9 Å². The fraction of sp³-hybridized carbons (Fsp3) is 0.625. The summed E-state index contributed by atoms with van der Waals surface area (Å²) in [6.07, 6.45) is 2.78. The Kier molecular flexibility index (Phi) is 5.07.